The van der Waals surface area contributed by atoms with Gasteiger partial charge >= 0.3 is 0 Å². The number of nitriles is 1. The summed E-state index contributed by atoms with van der Waals surface area (Å²) in [5.74, 6) is 0.478. The monoisotopic (exact) mass is 252 g/mol. The van der Waals surface area contributed by atoms with Gasteiger partial charge in [-0.3, -0.25) is 0 Å². The Morgan fingerprint density at radius 2 is 2.00 bits per heavy atom. The number of anilines is 1. The number of aromatic nitrogens is 2. The SMILES string of the molecule is CCc1ccc(C(C)Nc2nccc(C#N)n2)cc1. The van der Waals surface area contributed by atoms with Crippen LogP contribution < -0.4 is 5.32 Å². The lowest BCUT2D eigenvalue weighted by atomic mass is 10.1. The molecular weight excluding hydrogens is 236 g/mol. The molecule has 2 aromatic rings. The molecule has 1 N–H and O–H groups in total. The van der Waals surface area contributed by atoms with Crippen molar-refractivity contribution >= 4 is 5.95 Å². The molecule has 0 aliphatic heterocycles. The summed E-state index contributed by atoms with van der Waals surface area (Å²) in [4.78, 5) is 8.22. The molecule has 19 heavy (non-hydrogen) atoms. The Labute approximate surface area is 113 Å². The van der Waals surface area contributed by atoms with Crippen LogP contribution in [0.2, 0.25) is 0 Å². The van der Waals surface area contributed by atoms with Crippen molar-refractivity contribution < 1.29 is 0 Å². The van der Waals surface area contributed by atoms with E-state index >= 15 is 0 Å². The van der Waals surface area contributed by atoms with Crippen LogP contribution in [-0.4, -0.2) is 9.97 Å². The van der Waals surface area contributed by atoms with Crippen molar-refractivity contribution in [2.45, 2.75) is 26.3 Å². The quantitative estimate of drug-likeness (QED) is 0.908. The smallest absolute Gasteiger partial charge is 0.224 e. The van der Waals surface area contributed by atoms with Crippen LogP contribution in [0.3, 0.4) is 0 Å². The minimum Gasteiger partial charge on any atom is -0.348 e. The number of nitrogens with one attached hydrogen (secondary N) is 1. The van der Waals surface area contributed by atoms with Crippen molar-refractivity contribution in [3.05, 3.63) is 53.3 Å². The highest BCUT2D eigenvalue weighted by molar-refractivity contribution is 5.35. The average Bonchev–Trinajstić information content (AvgIpc) is 2.47. The topological polar surface area (TPSA) is 61.6 Å². The zero-order valence-electron chi connectivity index (χ0n) is 11.1. The van der Waals surface area contributed by atoms with Crippen LogP contribution in [0.25, 0.3) is 0 Å². The molecule has 1 atom stereocenters. The van der Waals surface area contributed by atoms with E-state index in [1.54, 1.807) is 12.3 Å². The second-order valence-corrected chi connectivity index (χ2v) is 4.34. The molecule has 0 saturated heterocycles. The van der Waals surface area contributed by atoms with Crippen molar-refractivity contribution in [2.24, 2.45) is 0 Å². The van der Waals surface area contributed by atoms with E-state index in [-0.39, 0.29) is 6.04 Å². The van der Waals surface area contributed by atoms with Gasteiger partial charge in [0.25, 0.3) is 0 Å². The van der Waals surface area contributed by atoms with E-state index in [2.05, 4.69) is 46.5 Å². The van der Waals surface area contributed by atoms with E-state index in [4.69, 9.17) is 5.26 Å². The Balaban J connectivity index is 2.11. The minimum absolute atomic E-state index is 0.0971. The molecule has 4 nitrogen and oxygen atoms in total. The molecule has 4 heteroatoms. The molecule has 0 aliphatic rings. The fraction of sp³-hybridized carbons (Fsp3) is 0.267. The van der Waals surface area contributed by atoms with E-state index in [1.165, 1.54) is 11.1 Å². The summed E-state index contributed by atoms with van der Waals surface area (Å²) in [6.07, 6.45) is 2.62. The zero-order valence-corrected chi connectivity index (χ0v) is 11.1. The first-order valence-corrected chi connectivity index (χ1v) is 6.31. The van der Waals surface area contributed by atoms with Gasteiger partial charge in [0.1, 0.15) is 11.8 Å². The van der Waals surface area contributed by atoms with Gasteiger partial charge in [0.2, 0.25) is 5.95 Å². The predicted octanol–water partition coefficient (Wildman–Crippen LogP) is 3.08. The van der Waals surface area contributed by atoms with Crippen LogP contribution in [0.15, 0.2) is 36.5 Å². The average molecular weight is 252 g/mol. The number of benzene rings is 1. The van der Waals surface area contributed by atoms with Gasteiger partial charge in [0.05, 0.1) is 6.04 Å². The second kappa shape index (κ2) is 5.96. The second-order valence-electron chi connectivity index (χ2n) is 4.34. The molecule has 0 amide bonds. The zero-order chi connectivity index (χ0) is 13.7. The summed E-state index contributed by atoms with van der Waals surface area (Å²) >= 11 is 0. The first-order valence-electron chi connectivity index (χ1n) is 6.31. The Kier molecular flexibility index (Phi) is 4.09. The number of aryl methyl sites for hydroxylation is 1. The first-order chi connectivity index (χ1) is 9.22. The summed E-state index contributed by atoms with van der Waals surface area (Å²) in [7, 11) is 0. The van der Waals surface area contributed by atoms with Crippen molar-refractivity contribution in [1.82, 2.24) is 9.97 Å². The lowest BCUT2D eigenvalue weighted by Gasteiger charge is -2.14. The third-order valence-electron chi connectivity index (χ3n) is 3.00. The molecule has 1 heterocycles. The standard InChI is InChI=1S/C15H16N4/c1-3-12-4-6-13(7-5-12)11(2)18-15-17-9-8-14(10-16)19-15/h4-9,11H,3H2,1-2H3,(H,17,18,19). The summed E-state index contributed by atoms with van der Waals surface area (Å²) < 4.78 is 0. The van der Waals surface area contributed by atoms with Crippen LogP contribution in [0.4, 0.5) is 5.95 Å². The third kappa shape index (κ3) is 3.29. The highest BCUT2D eigenvalue weighted by Crippen LogP contribution is 2.17. The molecule has 0 saturated carbocycles. The van der Waals surface area contributed by atoms with Crippen LogP contribution in [0, 0.1) is 11.3 Å². The van der Waals surface area contributed by atoms with E-state index in [0.29, 0.717) is 11.6 Å². The molecule has 0 spiro atoms. The van der Waals surface area contributed by atoms with Crippen molar-refractivity contribution in [3.63, 3.8) is 0 Å². The van der Waals surface area contributed by atoms with Crippen molar-refractivity contribution in [2.75, 3.05) is 5.32 Å². The highest BCUT2D eigenvalue weighted by atomic mass is 15.1. The van der Waals surface area contributed by atoms with Crippen LogP contribution >= 0.6 is 0 Å². The fourth-order valence-electron chi connectivity index (χ4n) is 1.81. The number of nitrogens with zero attached hydrogens (tertiary/aromatic N) is 3. The minimum atomic E-state index is 0.0971. The number of rotatable bonds is 4. The van der Waals surface area contributed by atoms with Gasteiger partial charge in [0, 0.05) is 6.20 Å². The fourth-order valence-corrected chi connectivity index (χ4v) is 1.81. The van der Waals surface area contributed by atoms with Gasteiger partial charge < -0.3 is 5.32 Å². The molecule has 1 unspecified atom stereocenters. The van der Waals surface area contributed by atoms with Gasteiger partial charge in [0.15, 0.2) is 0 Å². The normalized spacial score (nSPS) is 11.6. The summed E-state index contributed by atoms with van der Waals surface area (Å²) in [5, 5.41) is 12.0. The Morgan fingerprint density at radius 1 is 1.26 bits per heavy atom. The maximum Gasteiger partial charge on any atom is 0.224 e. The number of hydrogen-bond donors (Lipinski definition) is 1. The Hall–Kier alpha value is -2.41. The molecule has 1 aromatic heterocycles. The maximum atomic E-state index is 8.80. The lowest BCUT2D eigenvalue weighted by molar-refractivity contribution is 0.857. The molecule has 0 aliphatic carbocycles. The molecule has 0 fully saturated rings. The van der Waals surface area contributed by atoms with Gasteiger partial charge in [-0.1, -0.05) is 31.2 Å². The van der Waals surface area contributed by atoms with E-state index in [1.807, 2.05) is 13.0 Å². The van der Waals surface area contributed by atoms with Crippen LogP contribution in [-0.2, 0) is 6.42 Å². The molecule has 2 rings (SSSR count). The van der Waals surface area contributed by atoms with Gasteiger partial charge in [-0.2, -0.15) is 5.26 Å². The molecule has 96 valence electrons. The number of hydrogen-bond acceptors (Lipinski definition) is 4. The maximum absolute atomic E-state index is 8.80. The highest BCUT2D eigenvalue weighted by Gasteiger charge is 2.07. The van der Waals surface area contributed by atoms with Crippen molar-refractivity contribution in [1.29, 1.82) is 5.26 Å². The van der Waals surface area contributed by atoms with E-state index in [9.17, 15) is 0 Å². The van der Waals surface area contributed by atoms with Crippen LogP contribution in [0.5, 0.6) is 0 Å². The summed E-state index contributed by atoms with van der Waals surface area (Å²) in [5.41, 5.74) is 2.85. The third-order valence-corrected chi connectivity index (χ3v) is 3.00. The summed E-state index contributed by atoms with van der Waals surface area (Å²) in [6.45, 7) is 4.18. The Morgan fingerprint density at radius 3 is 2.63 bits per heavy atom. The summed E-state index contributed by atoms with van der Waals surface area (Å²) in [6, 6.07) is 12.1. The van der Waals surface area contributed by atoms with Gasteiger partial charge in [-0.25, -0.2) is 9.97 Å². The van der Waals surface area contributed by atoms with Crippen molar-refractivity contribution in [3.8, 4) is 6.07 Å². The largest absolute Gasteiger partial charge is 0.348 e. The molecule has 0 bridgehead atoms. The molecule has 1 aromatic carbocycles. The van der Waals surface area contributed by atoms with E-state index < -0.39 is 0 Å². The first kappa shape index (κ1) is 13.0. The lowest BCUT2D eigenvalue weighted by Crippen LogP contribution is -2.09. The predicted molar refractivity (Wildman–Crippen MR) is 74.6 cm³/mol. The van der Waals surface area contributed by atoms with Gasteiger partial charge in [-0.05, 0) is 30.5 Å². The van der Waals surface area contributed by atoms with E-state index in [0.717, 1.165) is 6.42 Å². The Bertz CT molecular complexity index is 584. The molecular formula is C15H16N4. The van der Waals surface area contributed by atoms with Gasteiger partial charge in [-0.15, -0.1) is 0 Å². The van der Waals surface area contributed by atoms with Crippen LogP contribution in [0.1, 0.15) is 36.7 Å². The molecule has 0 radical (unpaired) electrons.